The highest BCUT2D eigenvalue weighted by Crippen LogP contribution is 2.19. The molecule has 1 atom stereocenters. The molecule has 13 heavy (non-hydrogen) atoms. The van der Waals surface area contributed by atoms with Crippen molar-refractivity contribution in [2.45, 2.75) is 13.0 Å². The summed E-state index contributed by atoms with van der Waals surface area (Å²) in [5.74, 6) is -1.80. The Balaban J connectivity index is 3.20. The Morgan fingerprint density at radius 3 is 2.69 bits per heavy atom. The van der Waals surface area contributed by atoms with Gasteiger partial charge in [0.05, 0.1) is 0 Å². The predicted octanol–water partition coefficient (Wildman–Crippen LogP) is 1.22. The Morgan fingerprint density at radius 1 is 1.62 bits per heavy atom. The number of carbonyl (C=O) groups is 1. The van der Waals surface area contributed by atoms with E-state index in [2.05, 4.69) is 0 Å². The standard InChI is InChI=1S/C9H10FNO2/c1-5-3-2-4-6(10)7(5)8(11)9(12)13/h2-4,8H,11H2,1H3,(H,12,13)/t8-/m1/s1. The molecule has 0 spiro atoms. The van der Waals surface area contributed by atoms with Crippen molar-refractivity contribution in [3.05, 3.63) is 35.1 Å². The number of carboxylic acids is 1. The number of hydrogen-bond donors (Lipinski definition) is 2. The molecule has 0 radical (unpaired) electrons. The van der Waals surface area contributed by atoms with Gasteiger partial charge in [0.1, 0.15) is 11.9 Å². The molecular formula is C9H10FNO2. The van der Waals surface area contributed by atoms with Crippen LogP contribution in [-0.2, 0) is 4.79 Å². The average molecular weight is 183 g/mol. The first-order valence-electron chi connectivity index (χ1n) is 3.77. The molecule has 0 bridgehead atoms. The SMILES string of the molecule is Cc1cccc(F)c1[C@@H](N)C(=O)O. The first kappa shape index (κ1) is 9.67. The van der Waals surface area contributed by atoms with Crippen LogP contribution in [0.15, 0.2) is 18.2 Å². The van der Waals surface area contributed by atoms with Gasteiger partial charge >= 0.3 is 5.97 Å². The van der Waals surface area contributed by atoms with Gasteiger partial charge in [0.25, 0.3) is 0 Å². The topological polar surface area (TPSA) is 63.3 Å². The van der Waals surface area contributed by atoms with E-state index < -0.39 is 17.8 Å². The molecule has 0 aliphatic rings. The van der Waals surface area contributed by atoms with E-state index in [0.29, 0.717) is 5.56 Å². The minimum Gasteiger partial charge on any atom is -0.480 e. The Kier molecular flexibility index (Phi) is 2.63. The fraction of sp³-hybridized carbons (Fsp3) is 0.222. The lowest BCUT2D eigenvalue weighted by Gasteiger charge is -2.10. The number of carboxylic acid groups (broad SMARTS) is 1. The summed E-state index contributed by atoms with van der Waals surface area (Å²) >= 11 is 0. The van der Waals surface area contributed by atoms with Crippen LogP contribution in [0.2, 0.25) is 0 Å². The molecule has 0 aromatic heterocycles. The zero-order valence-electron chi connectivity index (χ0n) is 7.12. The highest BCUT2D eigenvalue weighted by molar-refractivity contribution is 5.75. The molecule has 0 amide bonds. The van der Waals surface area contributed by atoms with E-state index in [1.165, 1.54) is 12.1 Å². The fourth-order valence-electron chi connectivity index (χ4n) is 1.16. The van der Waals surface area contributed by atoms with Gasteiger partial charge in [-0.15, -0.1) is 0 Å². The summed E-state index contributed by atoms with van der Waals surface area (Å²) in [6, 6.07) is 3.05. The van der Waals surface area contributed by atoms with E-state index in [1.54, 1.807) is 13.0 Å². The molecule has 1 aromatic rings. The number of halogens is 1. The lowest BCUT2D eigenvalue weighted by Crippen LogP contribution is -2.22. The number of benzene rings is 1. The number of aliphatic carboxylic acids is 1. The molecule has 1 aromatic carbocycles. The van der Waals surface area contributed by atoms with Crippen LogP contribution in [0.3, 0.4) is 0 Å². The Morgan fingerprint density at radius 2 is 2.23 bits per heavy atom. The second kappa shape index (κ2) is 3.53. The minimum absolute atomic E-state index is 0.0509. The van der Waals surface area contributed by atoms with Crippen LogP contribution in [0.25, 0.3) is 0 Å². The molecule has 0 saturated carbocycles. The summed E-state index contributed by atoms with van der Waals surface area (Å²) in [4.78, 5) is 10.5. The van der Waals surface area contributed by atoms with Crippen LogP contribution in [0, 0.1) is 12.7 Å². The molecule has 0 aliphatic heterocycles. The zero-order chi connectivity index (χ0) is 10.0. The second-order valence-corrected chi connectivity index (χ2v) is 2.79. The maximum absolute atomic E-state index is 13.1. The first-order chi connectivity index (χ1) is 6.04. The van der Waals surface area contributed by atoms with Gasteiger partial charge in [-0.1, -0.05) is 12.1 Å². The zero-order valence-corrected chi connectivity index (χ0v) is 7.12. The van der Waals surface area contributed by atoms with Crippen molar-refractivity contribution in [1.29, 1.82) is 0 Å². The summed E-state index contributed by atoms with van der Waals surface area (Å²) in [5, 5.41) is 8.59. The molecule has 4 heteroatoms. The predicted molar refractivity (Wildman–Crippen MR) is 45.7 cm³/mol. The first-order valence-corrected chi connectivity index (χ1v) is 3.77. The lowest BCUT2D eigenvalue weighted by atomic mass is 10.0. The van der Waals surface area contributed by atoms with Gasteiger partial charge in [-0.3, -0.25) is 4.79 Å². The van der Waals surface area contributed by atoms with E-state index in [0.717, 1.165) is 0 Å². The average Bonchev–Trinajstić information content (AvgIpc) is 2.03. The molecule has 3 nitrogen and oxygen atoms in total. The van der Waals surface area contributed by atoms with Crippen molar-refractivity contribution in [2.24, 2.45) is 5.73 Å². The molecule has 0 aliphatic carbocycles. The van der Waals surface area contributed by atoms with Crippen LogP contribution in [0.1, 0.15) is 17.2 Å². The smallest absolute Gasteiger partial charge is 0.325 e. The van der Waals surface area contributed by atoms with Gasteiger partial charge in [0.15, 0.2) is 0 Å². The van der Waals surface area contributed by atoms with Gasteiger partial charge in [0.2, 0.25) is 0 Å². The Hall–Kier alpha value is -1.42. The number of aryl methyl sites for hydroxylation is 1. The van der Waals surface area contributed by atoms with Crippen LogP contribution >= 0.6 is 0 Å². The van der Waals surface area contributed by atoms with E-state index >= 15 is 0 Å². The van der Waals surface area contributed by atoms with Crippen molar-refractivity contribution >= 4 is 5.97 Å². The summed E-state index contributed by atoms with van der Waals surface area (Å²) in [7, 11) is 0. The monoisotopic (exact) mass is 183 g/mol. The lowest BCUT2D eigenvalue weighted by molar-refractivity contribution is -0.138. The molecule has 3 N–H and O–H groups in total. The summed E-state index contributed by atoms with van der Waals surface area (Å²) < 4.78 is 13.1. The Bertz CT molecular complexity index is 318. The molecule has 0 heterocycles. The summed E-state index contributed by atoms with van der Waals surface area (Å²) in [6.45, 7) is 1.63. The van der Waals surface area contributed by atoms with Crippen molar-refractivity contribution in [1.82, 2.24) is 0 Å². The van der Waals surface area contributed by atoms with Gasteiger partial charge in [-0.05, 0) is 18.6 Å². The fourth-order valence-corrected chi connectivity index (χ4v) is 1.16. The summed E-state index contributed by atoms with van der Waals surface area (Å²) in [5.41, 5.74) is 5.90. The van der Waals surface area contributed by atoms with Crippen LogP contribution < -0.4 is 5.73 Å². The number of nitrogens with two attached hydrogens (primary N) is 1. The van der Waals surface area contributed by atoms with Crippen molar-refractivity contribution in [2.75, 3.05) is 0 Å². The number of rotatable bonds is 2. The van der Waals surface area contributed by atoms with Gasteiger partial charge in [-0.2, -0.15) is 0 Å². The van der Waals surface area contributed by atoms with Crippen molar-refractivity contribution < 1.29 is 14.3 Å². The quantitative estimate of drug-likeness (QED) is 0.724. The number of hydrogen-bond acceptors (Lipinski definition) is 2. The van der Waals surface area contributed by atoms with Crippen LogP contribution in [-0.4, -0.2) is 11.1 Å². The normalized spacial score (nSPS) is 12.5. The molecule has 70 valence electrons. The molecule has 1 rings (SSSR count). The minimum atomic E-state index is -1.29. The Labute approximate surface area is 75.0 Å². The van der Waals surface area contributed by atoms with Crippen molar-refractivity contribution in [3.8, 4) is 0 Å². The third-order valence-corrected chi connectivity index (χ3v) is 1.85. The van der Waals surface area contributed by atoms with Crippen molar-refractivity contribution in [3.63, 3.8) is 0 Å². The van der Waals surface area contributed by atoms with E-state index in [4.69, 9.17) is 10.8 Å². The van der Waals surface area contributed by atoms with Crippen LogP contribution in [0.4, 0.5) is 4.39 Å². The molecule has 0 unspecified atom stereocenters. The van der Waals surface area contributed by atoms with E-state index in [9.17, 15) is 9.18 Å². The maximum atomic E-state index is 13.1. The molecule has 0 saturated heterocycles. The highest BCUT2D eigenvalue weighted by Gasteiger charge is 2.19. The summed E-state index contributed by atoms with van der Waals surface area (Å²) in [6.07, 6.45) is 0. The largest absolute Gasteiger partial charge is 0.480 e. The second-order valence-electron chi connectivity index (χ2n) is 2.79. The maximum Gasteiger partial charge on any atom is 0.325 e. The molecule has 0 fully saturated rings. The third kappa shape index (κ3) is 1.84. The van der Waals surface area contributed by atoms with E-state index in [-0.39, 0.29) is 5.56 Å². The van der Waals surface area contributed by atoms with Gasteiger partial charge < -0.3 is 10.8 Å². The third-order valence-electron chi connectivity index (χ3n) is 1.85. The van der Waals surface area contributed by atoms with Gasteiger partial charge in [0, 0.05) is 5.56 Å². The van der Waals surface area contributed by atoms with Crippen LogP contribution in [0.5, 0.6) is 0 Å². The highest BCUT2D eigenvalue weighted by atomic mass is 19.1. The van der Waals surface area contributed by atoms with E-state index in [1.807, 2.05) is 0 Å². The molecular weight excluding hydrogens is 173 g/mol. The van der Waals surface area contributed by atoms with Gasteiger partial charge in [-0.25, -0.2) is 4.39 Å².